The molecule has 7 nitrogen and oxygen atoms in total. The predicted molar refractivity (Wildman–Crippen MR) is 133 cm³/mol. The number of ether oxygens (including phenoxy) is 4. The summed E-state index contributed by atoms with van der Waals surface area (Å²) in [7, 11) is 3.09. The summed E-state index contributed by atoms with van der Waals surface area (Å²) in [4.78, 5) is 23.6. The van der Waals surface area contributed by atoms with Crippen molar-refractivity contribution in [1.29, 1.82) is 0 Å². The highest BCUT2D eigenvalue weighted by Crippen LogP contribution is 2.61. The highest BCUT2D eigenvalue weighted by atomic mass is 16.5. The first kappa shape index (κ1) is 25.1. The molecule has 0 amide bonds. The lowest BCUT2D eigenvalue weighted by molar-refractivity contribution is -0.175. The lowest BCUT2D eigenvalue weighted by Gasteiger charge is -2.59. The third-order valence-electron chi connectivity index (χ3n) is 8.43. The molecule has 2 aromatic rings. The van der Waals surface area contributed by atoms with E-state index in [-0.39, 0.29) is 28.8 Å². The minimum atomic E-state index is -0.463. The summed E-state index contributed by atoms with van der Waals surface area (Å²) in [5.41, 5.74) is 0.787. The molecule has 35 heavy (non-hydrogen) atoms. The minimum absolute atomic E-state index is 0.0701. The second-order valence-corrected chi connectivity index (χ2v) is 10.7. The molecule has 0 aliphatic heterocycles. The van der Waals surface area contributed by atoms with Crippen LogP contribution in [-0.2, 0) is 9.53 Å². The van der Waals surface area contributed by atoms with Gasteiger partial charge >= 0.3 is 11.6 Å². The second-order valence-electron chi connectivity index (χ2n) is 10.7. The zero-order valence-corrected chi connectivity index (χ0v) is 21.6. The summed E-state index contributed by atoms with van der Waals surface area (Å²) in [6.45, 7) is 13.0. The highest BCUT2D eigenvalue weighted by molar-refractivity contribution is 5.88. The maximum Gasteiger partial charge on any atom is 0.336 e. The summed E-state index contributed by atoms with van der Waals surface area (Å²) in [6, 6.07) is 4.82. The molecule has 4 rings (SSSR count). The average molecular weight is 485 g/mol. The van der Waals surface area contributed by atoms with E-state index in [1.54, 1.807) is 19.2 Å². The van der Waals surface area contributed by atoms with Crippen LogP contribution in [0.3, 0.4) is 0 Å². The Morgan fingerprint density at radius 1 is 1.14 bits per heavy atom. The number of fused-ring (bicyclic) bond motifs is 2. The Morgan fingerprint density at radius 2 is 1.89 bits per heavy atom. The van der Waals surface area contributed by atoms with E-state index in [4.69, 9.17) is 23.4 Å². The van der Waals surface area contributed by atoms with E-state index in [0.29, 0.717) is 40.7 Å². The first-order valence-electron chi connectivity index (χ1n) is 12.2. The van der Waals surface area contributed by atoms with Gasteiger partial charge in [-0.05, 0) is 49.1 Å². The molecule has 1 aromatic heterocycles. The molecular weight excluding hydrogens is 448 g/mol. The number of carbonyl (C=O) groups is 1. The van der Waals surface area contributed by atoms with Crippen LogP contribution in [-0.4, -0.2) is 32.9 Å². The molecule has 0 unspecified atom stereocenters. The topological polar surface area (TPSA) is 84.2 Å². The molecule has 7 heteroatoms. The van der Waals surface area contributed by atoms with Crippen molar-refractivity contribution in [2.45, 2.75) is 59.5 Å². The Morgan fingerprint density at radius 3 is 2.54 bits per heavy atom. The van der Waals surface area contributed by atoms with Gasteiger partial charge < -0.3 is 23.4 Å². The normalized spacial score (nSPS) is 27.7. The van der Waals surface area contributed by atoms with Crippen LogP contribution in [0.5, 0.6) is 17.2 Å². The van der Waals surface area contributed by atoms with E-state index in [2.05, 4.69) is 27.4 Å². The molecule has 0 bridgehead atoms. The van der Waals surface area contributed by atoms with E-state index < -0.39 is 5.63 Å². The van der Waals surface area contributed by atoms with E-state index >= 15 is 0 Å². The van der Waals surface area contributed by atoms with Crippen molar-refractivity contribution in [2.24, 2.45) is 22.7 Å². The van der Waals surface area contributed by atoms with Crippen molar-refractivity contribution in [3.05, 3.63) is 40.8 Å². The molecular formula is C28H36O7. The molecule has 4 atom stereocenters. The molecule has 1 aromatic carbocycles. The van der Waals surface area contributed by atoms with Gasteiger partial charge in [-0.15, -0.1) is 0 Å². The van der Waals surface area contributed by atoms with Crippen molar-refractivity contribution in [3.8, 4) is 17.2 Å². The van der Waals surface area contributed by atoms with Gasteiger partial charge in [0.15, 0.2) is 11.3 Å². The summed E-state index contributed by atoms with van der Waals surface area (Å²) in [5, 5.41) is 0.685. The van der Waals surface area contributed by atoms with Crippen LogP contribution < -0.4 is 19.8 Å². The number of rotatable bonds is 6. The number of carbonyl (C=O) groups excluding carboxylic acids is 1. The van der Waals surface area contributed by atoms with Crippen LogP contribution >= 0.6 is 0 Å². The number of hydrogen-bond donors (Lipinski definition) is 0. The van der Waals surface area contributed by atoms with Crippen LogP contribution in [0.4, 0.5) is 0 Å². The number of hydrogen-bond acceptors (Lipinski definition) is 7. The Hall–Kier alpha value is -2.96. The standard InChI is InChI=1S/C28H36O7/c1-16-8-10-21-27(3,4)22(34-17(2)29)12-13-28(21,5)19(16)15-33-25-20(31-6)14-18-9-11-23(30)35-24(18)26(25)32-7/h9,11,14,19,21-22H,1,8,10,12-13,15H2,2-7H3/t19-,21-,22-,28-/m1/s1. The first-order valence-corrected chi connectivity index (χ1v) is 12.2. The Balaban J connectivity index is 1.67. The monoisotopic (exact) mass is 484 g/mol. The van der Waals surface area contributed by atoms with E-state index in [1.807, 2.05) is 0 Å². The quantitative estimate of drug-likeness (QED) is 0.303. The van der Waals surface area contributed by atoms with Crippen molar-refractivity contribution < 1.29 is 28.2 Å². The zero-order chi connectivity index (χ0) is 25.5. The summed E-state index contributed by atoms with van der Waals surface area (Å²) < 4.78 is 28.8. The van der Waals surface area contributed by atoms with Gasteiger partial charge in [-0.1, -0.05) is 32.9 Å². The maximum atomic E-state index is 11.9. The summed E-state index contributed by atoms with van der Waals surface area (Å²) in [6.07, 6.45) is 3.51. The smallest absolute Gasteiger partial charge is 0.336 e. The summed E-state index contributed by atoms with van der Waals surface area (Å²) in [5.74, 6) is 1.44. The number of esters is 1. The van der Waals surface area contributed by atoms with Gasteiger partial charge in [-0.3, -0.25) is 4.79 Å². The maximum absolute atomic E-state index is 11.9. The average Bonchev–Trinajstić information content (AvgIpc) is 2.79. The van der Waals surface area contributed by atoms with Gasteiger partial charge in [0.05, 0.1) is 20.8 Å². The number of benzene rings is 1. The molecule has 2 fully saturated rings. The van der Waals surface area contributed by atoms with Gasteiger partial charge in [-0.25, -0.2) is 4.79 Å². The summed E-state index contributed by atoms with van der Waals surface area (Å²) >= 11 is 0. The van der Waals surface area contributed by atoms with E-state index in [0.717, 1.165) is 31.3 Å². The van der Waals surface area contributed by atoms with Crippen LogP contribution in [0, 0.1) is 22.7 Å². The van der Waals surface area contributed by atoms with Crippen LogP contribution in [0.1, 0.15) is 53.4 Å². The van der Waals surface area contributed by atoms with Crippen LogP contribution in [0.2, 0.25) is 0 Å². The molecule has 0 N–H and O–H groups in total. The highest BCUT2D eigenvalue weighted by Gasteiger charge is 2.57. The van der Waals surface area contributed by atoms with Crippen molar-refractivity contribution in [3.63, 3.8) is 0 Å². The lowest BCUT2D eigenvalue weighted by Crippen LogP contribution is -2.56. The fraction of sp³-hybridized carbons (Fsp3) is 0.571. The van der Waals surface area contributed by atoms with Gasteiger partial charge in [0.1, 0.15) is 6.10 Å². The van der Waals surface area contributed by atoms with Crippen LogP contribution in [0.15, 0.2) is 39.6 Å². The fourth-order valence-corrected chi connectivity index (χ4v) is 6.65. The SMILES string of the molecule is C=C1CC[C@@H]2C(C)(C)[C@H](OC(C)=O)CC[C@]2(C)[C@@H]1COc1c(OC)cc2ccc(=O)oc2c1OC. The molecule has 190 valence electrons. The van der Waals surface area contributed by atoms with Gasteiger partial charge in [-0.2, -0.15) is 0 Å². The fourth-order valence-electron chi connectivity index (χ4n) is 6.65. The minimum Gasteiger partial charge on any atom is -0.493 e. The van der Waals surface area contributed by atoms with Gasteiger partial charge in [0.2, 0.25) is 11.5 Å². The Bertz CT molecular complexity index is 1190. The third kappa shape index (κ3) is 4.30. The second kappa shape index (κ2) is 9.25. The third-order valence-corrected chi connectivity index (χ3v) is 8.43. The zero-order valence-electron chi connectivity index (χ0n) is 21.6. The molecule has 1 heterocycles. The van der Waals surface area contributed by atoms with Crippen molar-refractivity contribution in [1.82, 2.24) is 0 Å². The van der Waals surface area contributed by atoms with Crippen molar-refractivity contribution in [2.75, 3.05) is 20.8 Å². The molecule has 2 aliphatic carbocycles. The first-order chi connectivity index (χ1) is 16.5. The predicted octanol–water partition coefficient (Wildman–Crippen LogP) is 5.53. The Labute approximate surface area is 206 Å². The van der Waals surface area contributed by atoms with E-state index in [1.165, 1.54) is 20.1 Å². The molecule has 0 saturated heterocycles. The number of methoxy groups -OCH3 is 2. The van der Waals surface area contributed by atoms with E-state index in [9.17, 15) is 9.59 Å². The molecule has 0 radical (unpaired) electrons. The Kier molecular flexibility index (Phi) is 6.64. The van der Waals surface area contributed by atoms with Gasteiger partial charge in [0, 0.05) is 29.7 Å². The molecule has 0 spiro atoms. The molecule has 2 aliphatic rings. The van der Waals surface area contributed by atoms with Crippen molar-refractivity contribution >= 4 is 16.9 Å². The van der Waals surface area contributed by atoms with Crippen LogP contribution in [0.25, 0.3) is 11.0 Å². The molecule has 2 saturated carbocycles. The lowest BCUT2D eigenvalue weighted by atomic mass is 9.47. The van der Waals surface area contributed by atoms with Gasteiger partial charge in [0.25, 0.3) is 0 Å². The largest absolute Gasteiger partial charge is 0.493 e.